The van der Waals surface area contributed by atoms with Crippen LogP contribution >= 0.6 is 0 Å². The zero-order valence-corrected chi connectivity index (χ0v) is 11.7. The molecule has 1 saturated carbocycles. The van der Waals surface area contributed by atoms with Crippen molar-refractivity contribution in [2.45, 2.75) is 63.3 Å². The number of hydrogen-bond donors (Lipinski definition) is 1. The van der Waals surface area contributed by atoms with Crippen LogP contribution in [0.3, 0.4) is 0 Å². The van der Waals surface area contributed by atoms with E-state index in [0.29, 0.717) is 25.8 Å². The lowest BCUT2D eigenvalue weighted by atomic mass is 9.84. The van der Waals surface area contributed by atoms with Crippen LogP contribution in [-0.4, -0.2) is 39.9 Å². The predicted molar refractivity (Wildman–Crippen MR) is 68.5 cm³/mol. The molecule has 2 fully saturated rings. The van der Waals surface area contributed by atoms with Crippen LogP contribution in [0.5, 0.6) is 0 Å². The van der Waals surface area contributed by atoms with E-state index in [9.17, 15) is 23.5 Å². The molecule has 0 aromatic heterocycles. The zero-order chi connectivity index (χ0) is 15.0. The van der Waals surface area contributed by atoms with Gasteiger partial charge in [0, 0.05) is 25.3 Å². The first-order chi connectivity index (χ1) is 9.32. The summed E-state index contributed by atoms with van der Waals surface area (Å²) in [6.45, 7) is 2.18. The molecule has 20 heavy (non-hydrogen) atoms. The van der Waals surface area contributed by atoms with Gasteiger partial charge in [0.05, 0.1) is 0 Å². The molecule has 6 heteroatoms. The fraction of sp³-hybridized carbons (Fsp3) is 0.857. The number of carbonyl (C=O) groups is 2. The van der Waals surface area contributed by atoms with Gasteiger partial charge >= 0.3 is 5.97 Å². The van der Waals surface area contributed by atoms with Gasteiger partial charge in [0.15, 0.2) is 0 Å². The van der Waals surface area contributed by atoms with Gasteiger partial charge in [-0.3, -0.25) is 4.79 Å². The summed E-state index contributed by atoms with van der Waals surface area (Å²) in [6, 6.07) is 0. The molecule has 1 atom stereocenters. The number of halogens is 2. The van der Waals surface area contributed by atoms with Crippen molar-refractivity contribution in [3.05, 3.63) is 0 Å². The summed E-state index contributed by atoms with van der Waals surface area (Å²) < 4.78 is 26.3. The first-order valence-electron chi connectivity index (χ1n) is 7.25. The Morgan fingerprint density at radius 2 is 1.85 bits per heavy atom. The second-order valence-corrected chi connectivity index (χ2v) is 5.91. The molecule has 1 aliphatic carbocycles. The lowest BCUT2D eigenvalue weighted by Crippen LogP contribution is -2.54. The van der Waals surface area contributed by atoms with E-state index in [0.717, 1.165) is 0 Å². The molecule has 2 rings (SSSR count). The van der Waals surface area contributed by atoms with Crippen LogP contribution in [-0.2, 0) is 9.59 Å². The van der Waals surface area contributed by atoms with E-state index in [1.807, 2.05) is 0 Å². The molecule has 1 amide bonds. The lowest BCUT2D eigenvalue weighted by Gasteiger charge is -2.38. The highest BCUT2D eigenvalue weighted by atomic mass is 19.3. The first kappa shape index (κ1) is 15.2. The maximum absolute atomic E-state index is 13.1. The summed E-state index contributed by atoms with van der Waals surface area (Å²) in [6.07, 6.45) is 1.23. The van der Waals surface area contributed by atoms with Gasteiger partial charge in [0.2, 0.25) is 11.8 Å². The molecule has 1 aliphatic heterocycles. The first-order valence-corrected chi connectivity index (χ1v) is 7.25. The van der Waals surface area contributed by atoms with Gasteiger partial charge in [0.1, 0.15) is 5.54 Å². The number of nitrogens with zero attached hydrogens (tertiary/aromatic N) is 1. The molecule has 0 aromatic carbocycles. The Morgan fingerprint density at radius 3 is 2.35 bits per heavy atom. The van der Waals surface area contributed by atoms with Gasteiger partial charge in [-0.05, 0) is 32.1 Å². The highest BCUT2D eigenvalue weighted by Gasteiger charge is 2.50. The molecule has 0 bridgehead atoms. The normalized spacial score (nSPS) is 30.4. The monoisotopic (exact) mass is 289 g/mol. The number of likely N-dealkylation sites (tertiary alicyclic amines) is 1. The largest absolute Gasteiger partial charge is 0.479 e. The third-order valence-electron chi connectivity index (χ3n) is 4.80. The molecule has 1 unspecified atom stereocenters. The highest BCUT2D eigenvalue weighted by Crippen LogP contribution is 2.40. The molecular weight excluding hydrogens is 268 g/mol. The molecule has 0 radical (unpaired) electrons. The summed E-state index contributed by atoms with van der Waals surface area (Å²) in [7, 11) is 0. The molecule has 2 aliphatic rings. The van der Waals surface area contributed by atoms with E-state index >= 15 is 0 Å². The van der Waals surface area contributed by atoms with Crippen molar-refractivity contribution in [2.75, 3.05) is 6.54 Å². The number of aliphatic carboxylic acids is 1. The molecule has 114 valence electrons. The van der Waals surface area contributed by atoms with Crippen molar-refractivity contribution in [2.24, 2.45) is 5.92 Å². The summed E-state index contributed by atoms with van der Waals surface area (Å²) >= 11 is 0. The second-order valence-electron chi connectivity index (χ2n) is 5.91. The molecule has 0 aromatic rings. The Bertz CT molecular complexity index is 403. The van der Waals surface area contributed by atoms with Crippen LogP contribution < -0.4 is 0 Å². The molecule has 0 spiro atoms. The molecule has 1 heterocycles. The average Bonchev–Trinajstić information content (AvgIpc) is 2.83. The van der Waals surface area contributed by atoms with Crippen LogP contribution in [0.15, 0.2) is 0 Å². The van der Waals surface area contributed by atoms with Crippen molar-refractivity contribution in [1.29, 1.82) is 0 Å². The van der Waals surface area contributed by atoms with Crippen LogP contribution in [0.1, 0.15) is 51.9 Å². The summed E-state index contributed by atoms with van der Waals surface area (Å²) in [4.78, 5) is 25.5. The Balaban J connectivity index is 2.11. The fourth-order valence-corrected chi connectivity index (χ4v) is 3.45. The van der Waals surface area contributed by atoms with E-state index in [1.165, 1.54) is 4.90 Å². The maximum Gasteiger partial charge on any atom is 0.329 e. The highest BCUT2D eigenvalue weighted by molar-refractivity contribution is 5.88. The topological polar surface area (TPSA) is 57.6 Å². The number of amides is 1. The van der Waals surface area contributed by atoms with Crippen LogP contribution in [0, 0.1) is 5.92 Å². The third-order valence-corrected chi connectivity index (χ3v) is 4.80. The minimum atomic E-state index is -2.67. The van der Waals surface area contributed by atoms with Crippen molar-refractivity contribution in [3.8, 4) is 0 Å². The molecule has 4 nitrogen and oxygen atoms in total. The van der Waals surface area contributed by atoms with E-state index < -0.39 is 23.3 Å². The lowest BCUT2D eigenvalue weighted by molar-refractivity contribution is -0.160. The third kappa shape index (κ3) is 2.52. The summed E-state index contributed by atoms with van der Waals surface area (Å²) in [5.74, 6) is -4.34. The fourth-order valence-electron chi connectivity index (χ4n) is 3.45. The van der Waals surface area contributed by atoms with Crippen LogP contribution in [0.25, 0.3) is 0 Å². The quantitative estimate of drug-likeness (QED) is 0.869. The van der Waals surface area contributed by atoms with Gasteiger partial charge in [0.25, 0.3) is 0 Å². The van der Waals surface area contributed by atoms with Gasteiger partial charge in [-0.1, -0.05) is 6.92 Å². The minimum absolute atomic E-state index is 0.155. The SMILES string of the molecule is CCC1(C(=O)O)CCCN1C(=O)C1CCC(F)(F)CC1. The van der Waals surface area contributed by atoms with Crippen molar-refractivity contribution in [1.82, 2.24) is 4.90 Å². The molecule has 1 saturated heterocycles. The van der Waals surface area contributed by atoms with Gasteiger partial charge in [-0.2, -0.15) is 0 Å². The van der Waals surface area contributed by atoms with Gasteiger partial charge in [-0.15, -0.1) is 0 Å². The average molecular weight is 289 g/mol. The standard InChI is InChI=1S/C14H21F2NO3/c1-2-13(12(19)20)6-3-9-17(13)11(18)10-4-7-14(15,16)8-5-10/h10H,2-9H2,1H3,(H,19,20). The Labute approximate surface area is 117 Å². The Morgan fingerprint density at radius 1 is 1.25 bits per heavy atom. The second kappa shape index (κ2) is 5.30. The van der Waals surface area contributed by atoms with Crippen molar-refractivity contribution in [3.63, 3.8) is 0 Å². The van der Waals surface area contributed by atoms with Gasteiger partial charge < -0.3 is 10.0 Å². The summed E-state index contributed by atoms with van der Waals surface area (Å²) in [5, 5.41) is 9.45. The smallest absolute Gasteiger partial charge is 0.329 e. The number of carboxylic acids is 1. The molecule has 1 N–H and O–H groups in total. The predicted octanol–water partition coefficient (Wildman–Crippen LogP) is 2.67. The van der Waals surface area contributed by atoms with Crippen molar-refractivity contribution >= 4 is 11.9 Å². The summed E-state index contributed by atoms with van der Waals surface area (Å²) in [5.41, 5.74) is -1.13. The van der Waals surface area contributed by atoms with E-state index in [2.05, 4.69) is 0 Å². The number of rotatable bonds is 3. The van der Waals surface area contributed by atoms with E-state index in [1.54, 1.807) is 6.92 Å². The van der Waals surface area contributed by atoms with Gasteiger partial charge in [-0.25, -0.2) is 13.6 Å². The number of carboxylic acid groups (broad SMARTS) is 1. The van der Waals surface area contributed by atoms with E-state index in [4.69, 9.17) is 0 Å². The van der Waals surface area contributed by atoms with Crippen molar-refractivity contribution < 1.29 is 23.5 Å². The number of hydrogen-bond acceptors (Lipinski definition) is 2. The maximum atomic E-state index is 13.1. The van der Waals surface area contributed by atoms with Crippen LogP contribution in [0.4, 0.5) is 8.78 Å². The molecular formula is C14H21F2NO3. The Hall–Kier alpha value is -1.20. The zero-order valence-electron chi connectivity index (χ0n) is 11.7. The number of alkyl halides is 2. The van der Waals surface area contributed by atoms with Crippen LogP contribution in [0.2, 0.25) is 0 Å². The Kier molecular flexibility index (Phi) is 4.02. The van der Waals surface area contributed by atoms with E-state index in [-0.39, 0.29) is 31.6 Å². The minimum Gasteiger partial charge on any atom is -0.479 e. The number of carbonyl (C=O) groups excluding carboxylic acids is 1.